The van der Waals surface area contributed by atoms with Crippen molar-refractivity contribution >= 4 is 17.1 Å². The van der Waals surface area contributed by atoms with Crippen molar-refractivity contribution in [3.63, 3.8) is 0 Å². The second-order valence-electron chi connectivity index (χ2n) is 5.59. The lowest BCUT2D eigenvalue weighted by Gasteiger charge is -2.37. The van der Waals surface area contributed by atoms with E-state index < -0.39 is 0 Å². The molecule has 0 amide bonds. The molecule has 0 N–H and O–H groups in total. The van der Waals surface area contributed by atoms with Gasteiger partial charge in [-0.15, -0.1) is 0 Å². The standard InChI is InChI=1S/C15H18N2O2/c1-18-12-8-10-6-7-11(9-12)17(10)15-16-13-4-2-3-5-14(13)19-15/h2-5,10-12H,6-9H2,1H3/t10-,11+,12?. The Balaban J connectivity index is 1.69. The summed E-state index contributed by atoms with van der Waals surface area (Å²) in [7, 11) is 1.82. The Hall–Kier alpha value is -1.55. The molecule has 2 aliphatic heterocycles. The van der Waals surface area contributed by atoms with Crippen LogP contribution in [0.4, 0.5) is 6.01 Å². The second-order valence-corrected chi connectivity index (χ2v) is 5.59. The van der Waals surface area contributed by atoms with Crippen LogP contribution in [-0.4, -0.2) is 30.3 Å². The van der Waals surface area contributed by atoms with Crippen LogP contribution < -0.4 is 4.90 Å². The summed E-state index contributed by atoms with van der Waals surface area (Å²) in [4.78, 5) is 7.03. The van der Waals surface area contributed by atoms with Gasteiger partial charge in [-0.3, -0.25) is 0 Å². The molecule has 1 aromatic heterocycles. The maximum Gasteiger partial charge on any atom is 0.298 e. The summed E-state index contributed by atoms with van der Waals surface area (Å²) in [6.07, 6.45) is 5.03. The minimum atomic E-state index is 0.401. The number of fused-ring (bicyclic) bond motifs is 3. The first-order valence-corrected chi connectivity index (χ1v) is 7.02. The number of rotatable bonds is 2. The summed E-state index contributed by atoms with van der Waals surface area (Å²) in [5.41, 5.74) is 1.83. The number of para-hydroxylation sites is 2. The van der Waals surface area contributed by atoms with Crippen molar-refractivity contribution in [2.24, 2.45) is 0 Å². The van der Waals surface area contributed by atoms with Gasteiger partial charge in [-0.2, -0.15) is 4.98 Å². The van der Waals surface area contributed by atoms with Gasteiger partial charge in [-0.05, 0) is 37.8 Å². The molecule has 0 radical (unpaired) electrons. The van der Waals surface area contributed by atoms with Gasteiger partial charge in [0.15, 0.2) is 5.58 Å². The number of anilines is 1. The van der Waals surface area contributed by atoms with Crippen LogP contribution in [0, 0.1) is 0 Å². The van der Waals surface area contributed by atoms with Crippen LogP contribution in [0.25, 0.3) is 11.1 Å². The lowest BCUT2D eigenvalue weighted by atomic mass is 10.0. The largest absolute Gasteiger partial charge is 0.423 e. The van der Waals surface area contributed by atoms with Gasteiger partial charge < -0.3 is 14.1 Å². The van der Waals surface area contributed by atoms with Crippen LogP contribution in [-0.2, 0) is 4.74 Å². The average molecular weight is 258 g/mol. The number of hydrogen-bond donors (Lipinski definition) is 0. The van der Waals surface area contributed by atoms with Crippen LogP contribution in [0.5, 0.6) is 0 Å². The fourth-order valence-corrected chi connectivity index (χ4v) is 3.60. The van der Waals surface area contributed by atoms with E-state index in [0.717, 1.165) is 30.0 Å². The fourth-order valence-electron chi connectivity index (χ4n) is 3.60. The number of nitrogens with zero attached hydrogens (tertiary/aromatic N) is 2. The first kappa shape index (κ1) is 11.3. The van der Waals surface area contributed by atoms with Crippen molar-refractivity contribution in [1.82, 2.24) is 4.98 Å². The highest BCUT2D eigenvalue weighted by atomic mass is 16.5. The molecule has 4 nitrogen and oxygen atoms in total. The Morgan fingerprint density at radius 2 is 1.95 bits per heavy atom. The van der Waals surface area contributed by atoms with Gasteiger partial charge in [0.2, 0.25) is 0 Å². The van der Waals surface area contributed by atoms with E-state index in [4.69, 9.17) is 9.15 Å². The van der Waals surface area contributed by atoms with Crippen LogP contribution in [0.1, 0.15) is 25.7 Å². The molecule has 3 heterocycles. The first-order chi connectivity index (χ1) is 9.35. The molecule has 100 valence electrons. The molecule has 4 heteroatoms. The van der Waals surface area contributed by atoms with Crippen LogP contribution >= 0.6 is 0 Å². The van der Waals surface area contributed by atoms with Gasteiger partial charge >= 0.3 is 0 Å². The van der Waals surface area contributed by atoms with Crippen molar-refractivity contribution in [2.75, 3.05) is 12.0 Å². The molecule has 4 rings (SSSR count). The van der Waals surface area contributed by atoms with E-state index in [1.807, 2.05) is 31.4 Å². The van der Waals surface area contributed by atoms with E-state index in [1.54, 1.807) is 0 Å². The van der Waals surface area contributed by atoms with Crippen molar-refractivity contribution in [2.45, 2.75) is 43.9 Å². The molecule has 1 aromatic carbocycles. The first-order valence-electron chi connectivity index (χ1n) is 7.02. The van der Waals surface area contributed by atoms with Gasteiger partial charge in [0.1, 0.15) is 5.52 Å². The lowest BCUT2D eigenvalue weighted by Crippen LogP contribution is -2.45. The van der Waals surface area contributed by atoms with E-state index in [9.17, 15) is 0 Å². The quantitative estimate of drug-likeness (QED) is 0.830. The predicted octanol–water partition coefficient (Wildman–Crippen LogP) is 2.97. The smallest absolute Gasteiger partial charge is 0.298 e. The molecule has 2 fully saturated rings. The maximum atomic E-state index is 5.93. The van der Waals surface area contributed by atoms with Crippen molar-refractivity contribution in [1.29, 1.82) is 0 Å². The third kappa shape index (κ3) is 1.74. The molecular formula is C15H18N2O2. The Bertz CT molecular complexity index is 548. The summed E-state index contributed by atoms with van der Waals surface area (Å²) in [5, 5.41) is 0. The number of hydrogen-bond acceptors (Lipinski definition) is 4. The van der Waals surface area contributed by atoms with Gasteiger partial charge in [0.05, 0.1) is 6.10 Å². The fraction of sp³-hybridized carbons (Fsp3) is 0.533. The Morgan fingerprint density at radius 1 is 1.21 bits per heavy atom. The Kier molecular flexibility index (Phi) is 2.52. The zero-order valence-corrected chi connectivity index (χ0v) is 11.1. The van der Waals surface area contributed by atoms with E-state index in [-0.39, 0.29) is 0 Å². The summed E-state index contributed by atoms with van der Waals surface area (Å²) in [6.45, 7) is 0. The highest BCUT2D eigenvalue weighted by Gasteiger charge is 2.42. The zero-order valence-electron chi connectivity index (χ0n) is 11.1. The average Bonchev–Trinajstić information content (AvgIpc) is 2.96. The molecule has 19 heavy (non-hydrogen) atoms. The van der Waals surface area contributed by atoms with Crippen molar-refractivity contribution in [3.05, 3.63) is 24.3 Å². The highest BCUT2D eigenvalue weighted by Crippen LogP contribution is 2.40. The van der Waals surface area contributed by atoms with Crippen LogP contribution in [0.2, 0.25) is 0 Å². The Morgan fingerprint density at radius 3 is 2.63 bits per heavy atom. The normalized spacial score (nSPS) is 30.2. The summed E-state index contributed by atoms with van der Waals surface area (Å²) in [5.74, 6) is 0. The van der Waals surface area contributed by atoms with Crippen LogP contribution in [0.15, 0.2) is 28.7 Å². The van der Waals surface area contributed by atoms with Gasteiger partial charge in [0, 0.05) is 19.2 Å². The molecule has 2 aliphatic rings. The summed E-state index contributed by atoms with van der Waals surface area (Å²) in [6, 6.07) is 9.82. The van der Waals surface area contributed by atoms with E-state index in [2.05, 4.69) is 9.88 Å². The predicted molar refractivity (Wildman–Crippen MR) is 73.3 cm³/mol. The minimum Gasteiger partial charge on any atom is -0.423 e. The molecule has 0 spiro atoms. The van der Waals surface area contributed by atoms with E-state index in [0.29, 0.717) is 18.2 Å². The molecule has 2 bridgehead atoms. The monoisotopic (exact) mass is 258 g/mol. The number of benzene rings is 1. The summed E-state index contributed by atoms with van der Waals surface area (Å²) < 4.78 is 11.5. The number of methoxy groups -OCH3 is 1. The zero-order chi connectivity index (χ0) is 12.8. The lowest BCUT2D eigenvalue weighted by molar-refractivity contribution is 0.0672. The number of ether oxygens (including phenoxy) is 1. The van der Waals surface area contributed by atoms with Gasteiger partial charge in [-0.25, -0.2) is 0 Å². The maximum absolute atomic E-state index is 5.93. The van der Waals surface area contributed by atoms with Crippen LogP contribution in [0.3, 0.4) is 0 Å². The summed E-state index contributed by atoms with van der Waals surface area (Å²) >= 11 is 0. The number of piperidine rings is 1. The topological polar surface area (TPSA) is 38.5 Å². The molecule has 2 saturated heterocycles. The number of aromatic nitrogens is 1. The van der Waals surface area contributed by atoms with E-state index in [1.165, 1.54) is 12.8 Å². The molecule has 0 saturated carbocycles. The molecular weight excluding hydrogens is 240 g/mol. The molecule has 3 atom stereocenters. The third-order valence-corrected chi connectivity index (χ3v) is 4.53. The minimum absolute atomic E-state index is 0.401. The highest BCUT2D eigenvalue weighted by molar-refractivity contribution is 5.74. The third-order valence-electron chi connectivity index (χ3n) is 4.53. The van der Waals surface area contributed by atoms with Crippen molar-refractivity contribution < 1.29 is 9.15 Å². The van der Waals surface area contributed by atoms with E-state index >= 15 is 0 Å². The second kappa shape index (κ2) is 4.23. The molecule has 1 unspecified atom stereocenters. The van der Waals surface area contributed by atoms with Gasteiger partial charge in [-0.1, -0.05) is 12.1 Å². The van der Waals surface area contributed by atoms with Gasteiger partial charge in [0.25, 0.3) is 6.01 Å². The van der Waals surface area contributed by atoms with Crippen molar-refractivity contribution in [3.8, 4) is 0 Å². The number of oxazole rings is 1. The Labute approximate surface area is 112 Å². The molecule has 2 aromatic rings. The molecule has 0 aliphatic carbocycles. The SMILES string of the molecule is COC1C[C@H]2CC[C@@H](C1)N2c1nc2ccccc2o1.